The Morgan fingerprint density at radius 2 is 1.22 bits per heavy atom. The van der Waals surface area contributed by atoms with Crippen molar-refractivity contribution in [1.29, 1.82) is 0 Å². The zero-order chi connectivity index (χ0) is 13.8. The summed E-state index contributed by atoms with van der Waals surface area (Å²) in [6.45, 7) is 7.69. The molecule has 1 aliphatic rings. The Labute approximate surface area is 133 Å². The van der Waals surface area contributed by atoms with Gasteiger partial charge in [0.25, 0.3) is 0 Å². The Kier molecular flexibility index (Phi) is 53.5. The zero-order valence-corrected chi connectivity index (χ0v) is 14.6. The number of rotatable bonds is 3. The predicted molar refractivity (Wildman–Crippen MR) is 80.0 cm³/mol. The molecular formula is C14H29N3Zr. The third kappa shape index (κ3) is 55.5. The van der Waals surface area contributed by atoms with E-state index in [-0.39, 0.29) is 26.2 Å². The molecule has 0 aromatic rings. The quantitative estimate of drug-likeness (QED) is 0.600. The molecule has 1 rings (SSSR count). The molecule has 0 fully saturated rings. The van der Waals surface area contributed by atoms with E-state index in [1.165, 1.54) is 0 Å². The second kappa shape index (κ2) is 36.0. The molecule has 0 saturated carbocycles. The number of nitrogens with one attached hydrogen (secondary N) is 3. The molecule has 0 aliphatic heterocycles. The van der Waals surface area contributed by atoms with Crippen molar-refractivity contribution in [2.45, 2.75) is 46.5 Å². The molecule has 0 saturated heterocycles. The summed E-state index contributed by atoms with van der Waals surface area (Å²) < 4.78 is 0. The van der Waals surface area contributed by atoms with E-state index in [4.69, 9.17) is 17.2 Å². The first-order chi connectivity index (χ1) is 8.24. The van der Waals surface area contributed by atoms with Gasteiger partial charge in [-0.3, -0.25) is 6.08 Å². The van der Waals surface area contributed by atoms with Crippen molar-refractivity contribution in [2.75, 3.05) is 19.6 Å². The van der Waals surface area contributed by atoms with Crippen LogP contribution in [0.1, 0.15) is 46.5 Å². The molecule has 1 aliphatic carbocycles. The molecule has 0 amide bonds. The minimum absolute atomic E-state index is 0. The van der Waals surface area contributed by atoms with E-state index in [0.29, 0.717) is 19.6 Å². The van der Waals surface area contributed by atoms with Gasteiger partial charge >= 0.3 is 26.2 Å². The first kappa shape index (κ1) is 26.7. The molecule has 0 unspecified atom stereocenters. The van der Waals surface area contributed by atoms with Crippen LogP contribution in [0.2, 0.25) is 0 Å². The average Bonchev–Trinajstić information content (AvgIpc) is 2.98. The third-order valence-corrected chi connectivity index (χ3v) is 1.34. The molecule has 3 N–H and O–H groups in total. The number of hydrogen-bond acceptors (Lipinski definition) is 0. The standard InChI is InChI=1S/C5H5.3C3H8N.Zr/c1-2-4-5-3-1;3*1-2-3-4;/h1-3H,4H2;3*4H,2-3H2,1H3;/q4*-1;+4. The molecule has 0 radical (unpaired) electrons. The minimum atomic E-state index is 0. The van der Waals surface area contributed by atoms with Crippen molar-refractivity contribution in [3.05, 3.63) is 41.5 Å². The molecule has 3 nitrogen and oxygen atoms in total. The maximum Gasteiger partial charge on any atom is 4.00 e. The summed E-state index contributed by atoms with van der Waals surface area (Å²) in [7, 11) is 0. The Morgan fingerprint density at radius 3 is 1.28 bits per heavy atom. The van der Waals surface area contributed by atoms with Gasteiger partial charge in [-0.05, 0) is 0 Å². The van der Waals surface area contributed by atoms with Crippen molar-refractivity contribution in [2.24, 2.45) is 0 Å². The molecule has 104 valence electrons. The maximum atomic E-state index is 6.45. The SMILES string of the molecule is CCC[NH-].CCC[NH-].CCC[NH-].[C-]1=CC=CC1.[Zr+4]. The van der Waals surface area contributed by atoms with Crippen LogP contribution in [0.5, 0.6) is 0 Å². The van der Waals surface area contributed by atoms with Gasteiger partial charge < -0.3 is 17.2 Å². The van der Waals surface area contributed by atoms with Gasteiger partial charge in [-0.15, -0.1) is 6.42 Å². The third-order valence-electron chi connectivity index (χ3n) is 1.34. The van der Waals surface area contributed by atoms with Crippen molar-refractivity contribution >= 4 is 0 Å². The topological polar surface area (TPSA) is 71.4 Å². The van der Waals surface area contributed by atoms with Crippen LogP contribution >= 0.6 is 0 Å². The fourth-order valence-corrected chi connectivity index (χ4v) is 0.340. The molecule has 0 heterocycles. The largest absolute Gasteiger partial charge is 4.00 e. The van der Waals surface area contributed by atoms with Crippen LogP contribution in [-0.4, -0.2) is 19.6 Å². The summed E-state index contributed by atoms with van der Waals surface area (Å²) in [5, 5.41) is 0. The number of allylic oxidation sites excluding steroid dienone is 4. The van der Waals surface area contributed by atoms with E-state index in [1.807, 2.05) is 32.9 Å². The van der Waals surface area contributed by atoms with Crippen molar-refractivity contribution < 1.29 is 26.2 Å². The molecule has 0 aromatic heterocycles. The summed E-state index contributed by atoms with van der Waals surface area (Å²) in [6, 6.07) is 0. The predicted octanol–water partition coefficient (Wildman–Crippen LogP) is 5.65. The monoisotopic (exact) mass is 329 g/mol. The van der Waals surface area contributed by atoms with Crippen molar-refractivity contribution in [3.8, 4) is 0 Å². The van der Waals surface area contributed by atoms with Crippen molar-refractivity contribution in [1.82, 2.24) is 0 Å². The molecule has 4 heteroatoms. The summed E-state index contributed by atoms with van der Waals surface area (Å²) in [5.41, 5.74) is 19.4. The second-order valence-electron chi connectivity index (χ2n) is 3.25. The zero-order valence-electron chi connectivity index (χ0n) is 12.2. The van der Waals surface area contributed by atoms with Crippen LogP contribution in [0.25, 0.3) is 17.2 Å². The van der Waals surface area contributed by atoms with Crippen LogP contribution < -0.4 is 0 Å². The fourth-order valence-electron chi connectivity index (χ4n) is 0.340. The molecule has 18 heavy (non-hydrogen) atoms. The molecular weight excluding hydrogens is 301 g/mol. The fraction of sp³-hybridized carbons (Fsp3) is 0.714. The first-order valence-corrected chi connectivity index (χ1v) is 6.40. The van der Waals surface area contributed by atoms with Gasteiger partial charge in [0.1, 0.15) is 0 Å². The molecule has 0 bridgehead atoms. The summed E-state index contributed by atoms with van der Waals surface area (Å²) in [6.07, 6.45) is 13.0. The van der Waals surface area contributed by atoms with Gasteiger partial charge in [0, 0.05) is 0 Å². The van der Waals surface area contributed by atoms with Gasteiger partial charge in [-0.1, -0.05) is 40.0 Å². The average molecular weight is 331 g/mol. The Morgan fingerprint density at radius 1 is 0.889 bits per heavy atom. The molecule has 0 aromatic carbocycles. The van der Waals surface area contributed by atoms with Gasteiger partial charge in [0.15, 0.2) is 0 Å². The van der Waals surface area contributed by atoms with E-state index in [2.05, 4.69) is 12.2 Å². The number of hydrogen-bond donors (Lipinski definition) is 0. The van der Waals surface area contributed by atoms with E-state index in [0.717, 1.165) is 25.7 Å². The van der Waals surface area contributed by atoms with Crippen LogP contribution in [-0.2, 0) is 26.2 Å². The smallest absolute Gasteiger partial charge is 0.677 e. The van der Waals surface area contributed by atoms with E-state index in [1.54, 1.807) is 0 Å². The van der Waals surface area contributed by atoms with Crippen LogP contribution in [0.15, 0.2) is 18.2 Å². The Balaban J connectivity index is -0.0000000719. The summed E-state index contributed by atoms with van der Waals surface area (Å²) in [5.74, 6) is 0. The maximum absolute atomic E-state index is 6.45. The van der Waals surface area contributed by atoms with Gasteiger partial charge in [0.2, 0.25) is 0 Å². The minimum Gasteiger partial charge on any atom is -0.677 e. The van der Waals surface area contributed by atoms with Crippen LogP contribution in [0.3, 0.4) is 0 Å². The normalized spacial score (nSPS) is 9.89. The van der Waals surface area contributed by atoms with Crippen molar-refractivity contribution in [3.63, 3.8) is 0 Å². The Bertz CT molecular complexity index is 122. The van der Waals surface area contributed by atoms with Gasteiger partial charge in [-0.25, -0.2) is 12.2 Å². The second-order valence-corrected chi connectivity index (χ2v) is 3.25. The molecule has 0 spiro atoms. The summed E-state index contributed by atoms with van der Waals surface area (Å²) >= 11 is 0. The first-order valence-electron chi connectivity index (χ1n) is 6.40. The van der Waals surface area contributed by atoms with Crippen LogP contribution in [0.4, 0.5) is 0 Å². The summed E-state index contributed by atoms with van der Waals surface area (Å²) in [4.78, 5) is 0. The van der Waals surface area contributed by atoms with Crippen LogP contribution in [0, 0.1) is 6.08 Å². The Hall–Kier alpha value is 0.243. The van der Waals surface area contributed by atoms with E-state index in [9.17, 15) is 0 Å². The molecule has 0 atom stereocenters. The van der Waals surface area contributed by atoms with E-state index >= 15 is 0 Å². The van der Waals surface area contributed by atoms with Gasteiger partial charge in [-0.2, -0.15) is 25.7 Å². The van der Waals surface area contributed by atoms with Gasteiger partial charge in [0.05, 0.1) is 0 Å². The van der Waals surface area contributed by atoms with E-state index < -0.39 is 0 Å².